The van der Waals surface area contributed by atoms with E-state index in [1.165, 1.54) is 11.1 Å². The van der Waals surface area contributed by atoms with Crippen molar-refractivity contribution in [1.29, 1.82) is 0 Å². The molecule has 2 heterocycles. The summed E-state index contributed by atoms with van der Waals surface area (Å²) in [5.41, 5.74) is 3.78. The van der Waals surface area contributed by atoms with Crippen LogP contribution in [0.2, 0.25) is 0 Å². The molecule has 1 fully saturated rings. The minimum absolute atomic E-state index is 0.114. The van der Waals surface area contributed by atoms with Gasteiger partial charge >= 0.3 is 0 Å². The van der Waals surface area contributed by atoms with Crippen molar-refractivity contribution in [2.45, 2.75) is 45.0 Å². The number of nitrogens with one attached hydrogen (secondary N) is 1. The SMILES string of the molecule is CC(NCc1ccccc1CN1CCC(O)CC1)c1ccccn1. The summed E-state index contributed by atoms with van der Waals surface area (Å²) >= 11 is 0. The molecule has 128 valence electrons. The lowest BCUT2D eigenvalue weighted by Gasteiger charge is -2.30. The summed E-state index contributed by atoms with van der Waals surface area (Å²) in [6.07, 6.45) is 3.50. The fraction of sp³-hybridized carbons (Fsp3) is 0.450. The topological polar surface area (TPSA) is 48.4 Å². The number of benzene rings is 1. The Labute approximate surface area is 144 Å². The lowest BCUT2D eigenvalue weighted by Crippen LogP contribution is -2.35. The standard InChI is InChI=1S/C20H27N3O/c1-16(20-8-4-5-11-21-20)22-14-17-6-2-3-7-18(17)15-23-12-9-19(24)10-13-23/h2-8,11,16,19,22,24H,9-10,12-15H2,1H3. The minimum atomic E-state index is -0.114. The number of aromatic nitrogens is 1. The zero-order valence-electron chi connectivity index (χ0n) is 14.4. The molecule has 24 heavy (non-hydrogen) atoms. The first-order valence-corrected chi connectivity index (χ1v) is 8.84. The Bertz CT molecular complexity index is 624. The molecule has 0 spiro atoms. The van der Waals surface area contributed by atoms with E-state index in [0.717, 1.165) is 44.7 Å². The summed E-state index contributed by atoms with van der Waals surface area (Å²) in [6, 6.07) is 14.9. The van der Waals surface area contributed by atoms with Crippen molar-refractivity contribution in [3.05, 3.63) is 65.5 Å². The van der Waals surface area contributed by atoms with Crippen molar-refractivity contribution < 1.29 is 5.11 Å². The van der Waals surface area contributed by atoms with E-state index in [1.807, 2.05) is 18.3 Å². The average Bonchev–Trinajstić information content (AvgIpc) is 2.63. The quantitative estimate of drug-likeness (QED) is 0.857. The molecule has 0 amide bonds. The number of nitrogens with zero attached hydrogens (tertiary/aromatic N) is 2. The number of aliphatic hydroxyl groups excluding tert-OH is 1. The molecule has 1 saturated heterocycles. The Morgan fingerprint density at radius 1 is 1.12 bits per heavy atom. The van der Waals surface area contributed by atoms with Crippen LogP contribution in [0, 0.1) is 0 Å². The Morgan fingerprint density at radius 3 is 2.54 bits per heavy atom. The summed E-state index contributed by atoms with van der Waals surface area (Å²) in [7, 11) is 0. The molecule has 4 heteroatoms. The number of hydrogen-bond donors (Lipinski definition) is 2. The highest BCUT2D eigenvalue weighted by Crippen LogP contribution is 2.17. The van der Waals surface area contributed by atoms with Crippen LogP contribution in [-0.2, 0) is 13.1 Å². The van der Waals surface area contributed by atoms with Gasteiger partial charge in [-0.05, 0) is 43.0 Å². The van der Waals surface area contributed by atoms with E-state index in [4.69, 9.17) is 0 Å². The Balaban J connectivity index is 1.59. The van der Waals surface area contributed by atoms with E-state index in [9.17, 15) is 5.11 Å². The summed E-state index contributed by atoms with van der Waals surface area (Å²) in [6.45, 7) is 5.91. The van der Waals surface area contributed by atoms with E-state index >= 15 is 0 Å². The summed E-state index contributed by atoms with van der Waals surface area (Å²) in [5, 5.41) is 13.2. The van der Waals surface area contributed by atoms with Gasteiger partial charge in [0, 0.05) is 38.4 Å². The zero-order chi connectivity index (χ0) is 16.8. The maximum absolute atomic E-state index is 9.66. The van der Waals surface area contributed by atoms with E-state index in [1.54, 1.807) is 0 Å². The van der Waals surface area contributed by atoms with Crippen molar-refractivity contribution in [3.63, 3.8) is 0 Å². The number of pyridine rings is 1. The van der Waals surface area contributed by atoms with Gasteiger partial charge in [0.1, 0.15) is 0 Å². The van der Waals surface area contributed by atoms with Crippen molar-refractivity contribution in [1.82, 2.24) is 15.2 Å². The molecule has 1 aromatic heterocycles. The number of aliphatic hydroxyl groups is 1. The second kappa shape index (κ2) is 8.38. The first kappa shape index (κ1) is 17.1. The highest BCUT2D eigenvalue weighted by atomic mass is 16.3. The summed E-state index contributed by atoms with van der Waals surface area (Å²) < 4.78 is 0. The molecule has 1 aliphatic rings. The zero-order valence-corrected chi connectivity index (χ0v) is 14.4. The van der Waals surface area contributed by atoms with E-state index in [2.05, 4.69) is 52.5 Å². The predicted octanol–water partition coefficient (Wildman–Crippen LogP) is 2.89. The van der Waals surface area contributed by atoms with Gasteiger partial charge in [0.2, 0.25) is 0 Å². The Kier molecular flexibility index (Phi) is 5.96. The molecule has 2 aromatic rings. The third kappa shape index (κ3) is 4.63. The van der Waals surface area contributed by atoms with Crippen LogP contribution in [0.1, 0.15) is 42.6 Å². The lowest BCUT2D eigenvalue weighted by atomic mass is 10.0. The van der Waals surface area contributed by atoms with E-state index < -0.39 is 0 Å². The van der Waals surface area contributed by atoms with E-state index in [-0.39, 0.29) is 12.1 Å². The molecular formula is C20H27N3O. The first-order valence-electron chi connectivity index (χ1n) is 8.84. The predicted molar refractivity (Wildman–Crippen MR) is 96.5 cm³/mol. The second-order valence-electron chi connectivity index (χ2n) is 6.63. The minimum Gasteiger partial charge on any atom is -0.393 e. The molecular weight excluding hydrogens is 298 g/mol. The van der Waals surface area contributed by atoms with Gasteiger partial charge in [-0.3, -0.25) is 9.88 Å². The van der Waals surface area contributed by atoms with Gasteiger partial charge < -0.3 is 10.4 Å². The highest BCUT2D eigenvalue weighted by molar-refractivity contribution is 5.27. The monoisotopic (exact) mass is 325 g/mol. The van der Waals surface area contributed by atoms with Gasteiger partial charge in [-0.1, -0.05) is 30.3 Å². The third-order valence-corrected chi connectivity index (χ3v) is 4.80. The third-order valence-electron chi connectivity index (χ3n) is 4.80. The van der Waals surface area contributed by atoms with Crippen LogP contribution >= 0.6 is 0 Å². The van der Waals surface area contributed by atoms with Gasteiger partial charge in [-0.2, -0.15) is 0 Å². The maximum atomic E-state index is 9.66. The molecule has 0 saturated carbocycles. The number of likely N-dealkylation sites (tertiary alicyclic amines) is 1. The molecule has 1 aromatic carbocycles. The molecule has 2 N–H and O–H groups in total. The summed E-state index contributed by atoms with van der Waals surface area (Å²) in [4.78, 5) is 6.86. The van der Waals surface area contributed by atoms with Crippen LogP contribution in [-0.4, -0.2) is 34.2 Å². The summed E-state index contributed by atoms with van der Waals surface area (Å²) in [5.74, 6) is 0. The largest absolute Gasteiger partial charge is 0.393 e. The fourth-order valence-electron chi connectivity index (χ4n) is 3.20. The smallest absolute Gasteiger partial charge is 0.0570 e. The van der Waals surface area contributed by atoms with Crippen molar-refractivity contribution in [2.75, 3.05) is 13.1 Å². The van der Waals surface area contributed by atoms with Crippen LogP contribution in [0.5, 0.6) is 0 Å². The number of piperidine rings is 1. The van der Waals surface area contributed by atoms with Gasteiger partial charge in [0.05, 0.1) is 11.8 Å². The van der Waals surface area contributed by atoms with Crippen LogP contribution in [0.25, 0.3) is 0 Å². The highest BCUT2D eigenvalue weighted by Gasteiger charge is 2.18. The average molecular weight is 325 g/mol. The van der Waals surface area contributed by atoms with Crippen LogP contribution in [0.3, 0.4) is 0 Å². The number of hydrogen-bond acceptors (Lipinski definition) is 4. The molecule has 0 aliphatic carbocycles. The van der Waals surface area contributed by atoms with Crippen LogP contribution in [0.4, 0.5) is 0 Å². The molecule has 0 radical (unpaired) electrons. The Hall–Kier alpha value is -1.75. The van der Waals surface area contributed by atoms with Gasteiger partial charge in [-0.25, -0.2) is 0 Å². The van der Waals surface area contributed by atoms with E-state index in [0.29, 0.717) is 0 Å². The lowest BCUT2D eigenvalue weighted by molar-refractivity contribution is 0.0791. The molecule has 1 atom stereocenters. The van der Waals surface area contributed by atoms with Crippen LogP contribution in [0.15, 0.2) is 48.7 Å². The molecule has 1 unspecified atom stereocenters. The maximum Gasteiger partial charge on any atom is 0.0570 e. The molecule has 3 rings (SSSR count). The molecule has 4 nitrogen and oxygen atoms in total. The van der Waals surface area contributed by atoms with Gasteiger partial charge in [0.25, 0.3) is 0 Å². The first-order chi connectivity index (χ1) is 11.7. The fourth-order valence-corrected chi connectivity index (χ4v) is 3.20. The van der Waals surface area contributed by atoms with Crippen molar-refractivity contribution in [2.24, 2.45) is 0 Å². The molecule has 1 aliphatic heterocycles. The second-order valence-corrected chi connectivity index (χ2v) is 6.63. The van der Waals surface area contributed by atoms with Crippen LogP contribution < -0.4 is 5.32 Å². The normalized spacial score (nSPS) is 17.8. The van der Waals surface area contributed by atoms with Crippen molar-refractivity contribution in [3.8, 4) is 0 Å². The Morgan fingerprint density at radius 2 is 1.83 bits per heavy atom. The van der Waals surface area contributed by atoms with Gasteiger partial charge in [0.15, 0.2) is 0 Å². The number of rotatable bonds is 6. The molecule has 0 bridgehead atoms. The van der Waals surface area contributed by atoms with Gasteiger partial charge in [-0.15, -0.1) is 0 Å². The van der Waals surface area contributed by atoms with Crippen molar-refractivity contribution >= 4 is 0 Å².